The molecule has 1 heterocycles. The van der Waals surface area contributed by atoms with Crippen molar-refractivity contribution in [2.45, 2.75) is 25.1 Å². The first kappa shape index (κ1) is 18.0. The van der Waals surface area contributed by atoms with E-state index < -0.39 is 11.7 Å². The number of rotatable bonds is 2. The SMILES string of the molecule is O=C(c1ccc(-c2ccccc2C(F)(F)F)cc1)N1C[C@H]2CC[C@@H](C1)C2O. The average Bonchev–Trinajstić information content (AvgIpc) is 2.87. The summed E-state index contributed by atoms with van der Waals surface area (Å²) in [6.07, 6.45) is -2.89. The van der Waals surface area contributed by atoms with Crippen molar-refractivity contribution in [1.82, 2.24) is 4.90 Å². The second kappa shape index (κ2) is 6.68. The number of hydrogen-bond donors (Lipinski definition) is 1. The molecule has 2 bridgehead atoms. The van der Waals surface area contributed by atoms with Crippen LogP contribution >= 0.6 is 0 Å². The van der Waals surface area contributed by atoms with Crippen molar-refractivity contribution >= 4 is 5.91 Å². The maximum atomic E-state index is 13.2. The van der Waals surface area contributed by atoms with E-state index >= 15 is 0 Å². The Kier molecular flexibility index (Phi) is 4.46. The van der Waals surface area contributed by atoms with Crippen LogP contribution in [0.4, 0.5) is 13.2 Å². The topological polar surface area (TPSA) is 40.5 Å². The Morgan fingerprint density at radius 2 is 1.56 bits per heavy atom. The van der Waals surface area contributed by atoms with Crippen molar-refractivity contribution in [3.8, 4) is 11.1 Å². The minimum Gasteiger partial charge on any atom is -0.392 e. The highest BCUT2D eigenvalue weighted by Gasteiger charge is 2.42. The lowest BCUT2D eigenvalue weighted by Crippen LogP contribution is -2.47. The molecular formula is C21H20F3NO2. The third kappa shape index (κ3) is 3.34. The molecule has 0 aromatic heterocycles. The number of alkyl halides is 3. The monoisotopic (exact) mass is 375 g/mol. The molecule has 1 unspecified atom stereocenters. The molecule has 2 aromatic carbocycles. The zero-order valence-electron chi connectivity index (χ0n) is 14.6. The van der Waals surface area contributed by atoms with Crippen molar-refractivity contribution in [2.75, 3.05) is 13.1 Å². The first-order valence-electron chi connectivity index (χ1n) is 9.08. The van der Waals surface area contributed by atoms with E-state index in [4.69, 9.17) is 0 Å². The molecule has 2 fully saturated rings. The molecule has 4 rings (SSSR count). The van der Waals surface area contributed by atoms with Crippen LogP contribution in [0, 0.1) is 11.8 Å². The first-order valence-corrected chi connectivity index (χ1v) is 9.08. The summed E-state index contributed by atoms with van der Waals surface area (Å²) in [7, 11) is 0. The lowest BCUT2D eigenvalue weighted by molar-refractivity contribution is -0.137. The number of likely N-dealkylation sites (tertiary alicyclic amines) is 1. The van der Waals surface area contributed by atoms with Gasteiger partial charge in [-0.15, -0.1) is 0 Å². The molecule has 1 N–H and O–H groups in total. The average molecular weight is 375 g/mol. The Morgan fingerprint density at radius 3 is 2.15 bits per heavy atom. The molecule has 1 aliphatic heterocycles. The number of fused-ring (bicyclic) bond motifs is 2. The van der Waals surface area contributed by atoms with Crippen LogP contribution in [-0.2, 0) is 6.18 Å². The van der Waals surface area contributed by atoms with E-state index in [-0.39, 0.29) is 29.4 Å². The molecule has 0 radical (unpaired) electrons. The van der Waals surface area contributed by atoms with Crippen LogP contribution in [0.1, 0.15) is 28.8 Å². The van der Waals surface area contributed by atoms with Gasteiger partial charge in [-0.1, -0.05) is 30.3 Å². The molecule has 6 heteroatoms. The van der Waals surface area contributed by atoms with Gasteiger partial charge in [0.05, 0.1) is 11.7 Å². The Labute approximate surface area is 155 Å². The predicted molar refractivity (Wildman–Crippen MR) is 95.0 cm³/mol. The van der Waals surface area contributed by atoms with E-state index in [1.165, 1.54) is 12.1 Å². The van der Waals surface area contributed by atoms with E-state index in [0.29, 0.717) is 24.2 Å². The van der Waals surface area contributed by atoms with Crippen LogP contribution in [0.25, 0.3) is 11.1 Å². The molecule has 1 saturated heterocycles. The van der Waals surface area contributed by atoms with Crippen molar-refractivity contribution in [3.63, 3.8) is 0 Å². The Bertz CT molecular complexity index is 833. The van der Waals surface area contributed by atoms with E-state index in [9.17, 15) is 23.1 Å². The molecule has 0 spiro atoms. The third-order valence-electron chi connectivity index (χ3n) is 5.75. The molecule has 1 aliphatic carbocycles. The molecule has 2 aliphatic rings. The highest BCUT2D eigenvalue weighted by Crippen LogP contribution is 2.38. The summed E-state index contributed by atoms with van der Waals surface area (Å²) in [6, 6.07) is 11.7. The summed E-state index contributed by atoms with van der Waals surface area (Å²) in [6.45, 7) is 1.07. The van der Waals surface area contributed by atoms with Crippen LogP contribution in [0.5, 0.6) is 0 Å². The molecule has 1 saturated carbocycles. The molecular weight excluding hydrogens is 355 g/mol. The third-order valence-corrected chi connectivity index (χ3v) is 5.75. The maximum Gasteiger partial charge on any atom is 0.417 e. The molecule has 3 atom stereocenters. The van der Waals surface area contributed by atoms with Gasteiger partial charge in [0.15, 0.2) is 0 Å². The predicted octanol–water partition coefficient (Wildman–Crippen LogP) is 4.22. The van der Waals surface area contributed by atoms with Crippen LogP contribution in [0.2, 0.25) is 0 Å². The number of nitrogens with zero attached hydrogens (tertiary/aromatic N) is 1. The van der Waals surface area contributed by atoms with Crippen LogP contribution in [-0.4, -0.2) is 35.1 Å². The first-order chi connectivity index (χ1) is 12.8. The fourth-order valence-corrected chi connectivity index (χ4v) is 4.32. The minimum absolute atomic E-state index is 0.100. The Hall–Kier alpha value is -2.34. The number of benzene rings is 2. The smallest absolute Gasteiger partial charge is 0.392 e. The van der Waals surface area contributed by atoms with Crippen LogP contribution < -0.4 is 0 Å². The number of carbonyl (C=O) groups is 1. The number of hydrogen-bond acceptors (Lipinski definition) is 2. The van der Waals surface area contributed by atoms with Gasteiger partial charge in [0.25, 0.3) is 5.91 Å². The summed E-state index contributed by atoms with van der Waals surface area (Å²) in [5.41, 5.74) is 0.293. The lowest BCUT2D eigenvalue weighted by Gasteiger charge is -2.35. The molecule has 1 amide bonds. The molecule has 27 heavy (non-hydrogen) atoms. The van der Waals surface area contributed by atoms with Gasteiger partial charge in [0.2, 0.25) is 0 Å². The number of aliphatic hydroxyl groups excluding tert-OH is 1. The van der Waals surface area contributed by atoms with Gasteiger partial charge in [-0.2, -0.15) is 13.2 Å². The van der Waals surface area contributed by atoms with Crippen molar-refractivity contribution < 1.29 is 23.1 Å². The van der Waals surface area contributed by atoms with Crippen LogP contribution in [0.15, 0.2) is 48.5 Å². The van der Waals surface area contributed by atoms with Gasteiger partial charge in [-0.3, -0.25) is 4.79 Å². The minimum atomic E-state index is -4.43. The molecule has 2 aromatic rings. The number of amides is 1. The van der Waals surface area contributed by atoms with Gasteiger partial charge in [-0.25, -0.2) is 0 Å². The summed E-state index contributed by atoms with van der Waals surface area (Å²) in [4.78, 5) is 14.5. The Morgan fingerprint density at radius 1 is 0.963 bits per heavy atom. The van der Waals surface area contributed by atoms with Crippen molar-refractivity contribution in [2.24, 2.45) is 11.8 Å². The number of carbonyl (C=O) groups excluding carboxylic acids is 1. The zero-order chi connectivity index (χ0) is 19.2. The largest absolute Gasteiger partial charge is 0.417 e. The van der Waals surface area contributed by atoms with Gasteiger partial charge < -0.3 is 10.0 Å². The summed E-state index contributed by atoms with van der Waals surface area (Å²) < 4.78 is 39.6. The standard InChI is InChI=1S/C21H20F3NO2/c22-21(23,24)18-4-2-1-3-17(18)13-5-7-14(8-6-13)20(27)25-11-15-9-10-16(12-25)19(15)26/h1-8,15-16,19,26H,9-12H2/t15-,16+,19?. The van der Waals surface area contributed by atoms with E-state index in [0.717, 1.165) is 18.9 Å². The highest BCUT2D eigenvalue weighted by molar-refractivity contribution is 5.95. The second-order valence-electron chi connectivity index (χ2n) is 7.42. The molecule has 3 nitrogen and oxygen atoms in total. The summed E-state index contributed by atoms with van der Waals surface area (Å²) in [5, 5.41) is 10.1. The highest BCUT2D eigenvalue weighted by atomic mass is 19.4. The van der Waals surface area contributed by atoms with Gasteiger partial charge in [0.1, 0.15) is 0 Å². The normalized spacial score (nSPS) is 24.9. The van der Waals surface area contributed by atoms with Crippen molar-refractivity contribution in [1.29, 1.82) is 0 Å². The molecule has 142 valence electrons. The quantitative estimate of drug-likeness (QED) is 0.854. The van der Waals surface area contributed by atoms with Crippen LogP contribution in [0.3, 0.4) is 0 Å². The second-order valence-corrected chi connectivity index (χ2v) is 7.42. The van der Waals surface area contributed by atoms with Gasteiger partial charge >= 0.3 is 6.18 Å². The summed E-state index contributed by atoms with van der Waals surface area (Å²) >= 11 is 0. The fraction of sp³-hybridized carbons (Fsp3) is 0.381. The maximum absolute atomic E-state index is 13.2. The van der Waals surface area contributed by atoms with Gasteiger partial charge in [0, 0.05) is 30.5 Å². The van der Waals surface area contributed by atoms with E-state index in [1.54, 1.807) is 35.2 Å². The zero-order valence-corrected chi connectivity index (χ0v) is 14.6. The lowest BCUT2D eigenvalue weighted by atomic mass is 9.94. The van der Waals surface area contributed by atoms with Gasteiger partial charge in [-0.05, 0) is 42.2 Å². The van der Waals surface area contributed by atoms with Crippen molar-refractivity contribution in [3.05, 3.63) is 59.7 Å². The number of piperidine rings is 1. The fourth-order valence-electron chi connectivity index (χ4n) is 4.32. The summed E-state index contributed by atoms with van der Waals surface area (Å²) in [5.74, 6) is 0.130. The Balaban J connectivity index is 1.56. The number of halogens is 3. The number of aliphatic hydroxyl groups is 1. The van der Waals surface area contributed by atoms with E-state index in [2.05, 4.69) is 0 Å². The van der Waals surface area contributed by atoms with E-state index in [1.807, 2.05) is 0 Å².